The van der Waals surface area contributed by atoms with Gasteiger partial charge in [-0.1, -0.05) is 18.2 Å². The molecule has 7 heteroatoms. The summed E-state index contributed by atoms with van der Waals surface area (Å²) in [7, 11) is 0. The molecule has 3 aromatic rings. The molecular formula is C23H28FN5S. The first-order chi connectivity index (χ1) is 14.5. The van der Waals surface area contributed by atoms with Crippen molar-refractivity contribution in [3.8, 4) is 0 Å². The number of nitrogens with zero attached hydrogens (tertiary/aromatic N) is 4. The van der Waals surface area contributed by atoms with E-state index in [-0.39, 0.29) is 5.82 Å². The number of hydrogen-bond acceptors (Lipinski definition) is 6. The van der Waals surface area contributed by atoms with Gasteiger partial charge in [-0.15, -0.1) is 11.3 Å². The molecule has 1 N–H and O–H groups in total. The third-order valence-electron chi connectivity index (χ3n) is 5.56. The molecule has 3 heterocycles. The maximum Gasteiger partial charge on any atom is 0.130 e. The molecular weight excluding hydrogens is 397 g/mol. The molecule has 4 rings (SSSR count). The zero-order valence-electron chi connectivity index (χ0n) is 17.6. The fourth-order valence-electron chi connectivity index (χ4n) is 4.00. The van der Waals surface area contributed by atoms with Crippen molar-refractivity contribution in [1.29, 1.82) is 0 Å². The van der Waals surface area contributed by atoms with Crippen LogP contribution >= 0.6 is 11.3 Å². The largest absolute Gasteiger partial charge is 0.366 e. The number of aryl methyl sites for hydroxylation is 2. The lowest BCUT2D eigenvalue weighted by Gasteiger charge is -2.31. The molecule has 30 heavy (non-hydrogen) atoms. The van der Waals surface area contributed by atoms with Gasteiger partial charge in [0.2, 0.25) is 0 Å². The highest BCUT2D eigenvalue weighted by atomic mass is 32.1. The van der Waals surface area contributed by atoms with Crippen molar-refractivity contribution in [1.82, 2.24) is 19.9 Å². The van der Waals surface area contributed by atoms with E-state index in [0.717, 1.165) is 48.4 Å². The SMILES string of the molecule is Cc1nc(CC2CCN(Cc3cnc(C)s3)CC2)cc(NCc2ccccc2F)n1. The lowest BCUT2D eigenvalue weighted by atomic mass is 9.92. The summed E-state index contributed by atoms with van der Waals surface area (Å²) >= 11 is 1.79. The molecule has 1 aromatic carbocycles. The van der Waals surface area contributed by atoms with Crippen molar-refractivity contribution in [2.24, 2.45) is 5.92 Å². The molecule has 0 bridgehead atoms. The summed E-state index contributed by atoms with van der Waals surface area (Å²) in [5.41, 5.74) is 1.70. The van der Waals surface area contributed by atoms with Gasteiger partial charge in [0.1, 0.15) is 17.5 Å². The molecule has 0 spiro atoms. The van der Waals surface area contributed by atoms with E-state index in [1.165, 1.54) is 23.8 Å². The number of benzene rings is 1. The van der Waals surface area contributed by atoms with Gasteiger partial charge >= 0.3 is 0 Å². The highest BCUT2D eigenvalue weighted by Gasteiger charge is 2.21. The molecule has 1 aliphatic rings. The van der Waals surface area contributed by atoms with E-state index in [0.29, 0.717) is 18.0 Å². The van der Waals surface area contributed by atoms with Crippen LogP contribution in [0.25, 0.3) is 0 Å². The minimum absolute atomic E-state index is 0.198. The van der Waals surface area contributed by atoms with Crippen LogP contribution in [0.5, 0.6) is 0 Å². The Hall–Kier alpha value is -2.38. The summed E-state index contributed by atoms with van der Waals surface area (Å²) in [6.45, 7) is 7.63. The summed E-state index contributed by atoms with van der Waals surface area (Å²) in [5, 5.41) is 4.39. The van der Waals surface area contributed by atoms with E-state index in [4.69, 9.17) is 0 Å². The Morgan fingerprint density at radius 3 is 2.70 bits per heavy atom. The first kappa shape index (κ1) is 20.9. The topological polar surface area (TPSA) is 53.9 Å². The Bertz CT molecular complexity index is 981. The van der Waals surface area contributed by atoms with Gasteiger partial charge < -0.3 is 5.32 Å². The zero-order chi connectivity index (χ0) is 20.9. The monoisotopic (exact) mass is 425 g/mol. The molecule has 2 aromatic heterocycles. The third kappa shape index (κ3) is 5.61. The van der Waals surface area contributed by atoms with Gasteiger partial charge in [-0.25, -0.2) is 19.3 Å². The number of rotatable bonds is 7. The zero-order valence-corrected chi connectivity index (χ0v) is 18.4. The number of anilines is 1. The van der Waals surface area contributed by atoms with Crippen molar-refractivity contribution in [2.75, 3.05) is 18.4 Å². The average molecular weight is 426 g/mol. The second kappa shape index (κ2) is 9.62. The molecule has 1 saturated heterocycles. The summed E-state index contributed by atoms with van der Waals surface area (Å²) < 4.78 is 13.9. The number of likely N-dealkylation sites (tertiary alicyclic amines) is 1. The van der Waals surface area contributed by atoms with Gasteiger partial charge in [0.15, 0.2) is 0 Å². The molecule has 0 amide bonds. The van der Waals surface area contributed by atoms with E-state index in [2.05, 4.69) is 32.1 Å². The van der Waals surface area contributed by atoms with Crippen LogP contribution in [0.3, 0.4) is 0 Å². The first-order valence-electron chi connectivity index (χ1n) is 10.5. The van der Waals surface area contributed by atoms with E-state index in [1.807, 2.05) is 25.3 Å². The highest BCUT2D eigenvalue weighted by molar-refractivity contribution is 7.11. The highest BCUT2D eigenvalue weighted by Crippen LogP contribution is 2.24. The molecule has 5 nitrogen and oxygen atoms in total. The second-order valence-electron chi connectivity index (χ2n) is 8.01. The number of halogens is 1. The molecule has 0 saturated carbocycles. The maximum absolute atomic E-state index is 13.9. The van der Waals surface area contributed by atoms with Crippen LogP contribution in [0.1, 0.15) is 39.8 Å². The predicted octanol–water partition coefficient (Wildman–Crippen LogP) is 4.76. The van der Waals surface area contributed by atoms with Crippen LogP contribution in [0.15, 0.2) is 36.5 Å². The molecule has 0 unspecified atom stereocenters. The number of nitrogens with one attached hydrogen (secondary N) is 1. The van der Waals surface area contributed by atoms with Crippen molar-refractivity contribution >= 4 is 17.2 Å². The van der Waals surface area contributed by atoms with Crippen LogP contribution in [0, 0.1) is 25.6 Å². The molecule has 0 aliphatic carbocycles. The Balaban J connectivity index is 1.31. The van der Waals surface area contributed by atoms with Crippen molar-refractivity contribution in [2.45, 2.75) is 46.2 Å². The minimum atomic E-state index is -0.198. The quantitative estimate of drug-likeness (QED) is 0.592. The van der Waals surface area contributed by atoms with Gasteiger partial charge in [0.25, 0.3) is 0 Å². The van der Waals surface area contributed by atoms with Crippen molar-refractivity contribution < 1.29 is 4.39 Å². The van der Waals surface area contributed by atoms with Crippen molar-refractivity contribution in [3.05, 3.63) is 69.3 Å². The number of aromatic nitrogens is 3. The van der Waals surface area contributed by atoms with Crippen molar-refractivity contribution in [3.63, 3.8) is 0 Å². The Morgan fingerprint density at radius 1 is 1.17 bits per heavy atom. The van der Waals surface area contributed by atoms with Gasteiger partial charge in [-0.2, -0.15) is 0 Å². The van der Waals surface area contributed by atoms with Crippen LogP contribution in [-0.4, -0.2) is 32.9 Å². The van der Waals surface area contributed by atoms with Crippen LogP contribution < -0.4 is 5.32 Å². The maximum atomic E-state index is 13.9. The van der Waals surface area contributed by atoms with E-state index in [9.17, 15) is 4.39 Å². The molecule has 1 aliphatic heterocycles. The number of piperidine rings is 1. The van der Waals surface area contributed by atoms with E-state index in [1.54, 1.807) is 23.5 Å². The van der Waals surface area contributed by atoms with Gasteiger partial charge in [0, 0.05) is 41.5 Å². The molecule has 0 radical (unpaired) electrons. The average Bonchev–Trinajstić information content (AvgIpc) is 3.13. The number of thiazole rings is 1. The third-order valence-corrected chi connectivity index (χ3v) is 6.46. The molecule has 158 valence electrons. The number of hydrogen-bond donors (Lipinski definition) is 1. The summed E-state index contributed by atoms with van der Waals surface area (Å²) in [4.78, 5) is 17.4. The molecule has 1 fully saturated rings. The second-order valence-corrected chi connectivity index (χ2v) is 9.33. The van der Waals surface area contributed by atoms with E-state index >= 15 is 0 Å². The lowest BCUT2D eigenvalue weighted by molar-refractivity contribution is 0.177. The Labute approximate surface area is 181 Å². The van der Waals surface area contributed by atoms with Gasteiger partial charge in [0.05, 0.1) is 5.01 Å². The summed E-state index contributed by atoms with van der Waals surface area (Å²) in [6.07, 6.45) is 5.33. The first-order valence-corrected chi connectivity index (χ1v) is 11.3. The van der Waals surface area contributed by atoms with Gasteiger partial charge in [-0.3, -0.25) is 4.90 Å². The fraction of sp³-hybridized carbons (Fsp3) is 0.435. The fourth-order valence-corrected chi connectivity index (χ4v) is 4.83. The molecule has 0 atom stereocenters. The Kier molecular flexibility index (Phi) is 6.69. The minimum Gasteiger partial charge on any atom is -0.366 e. The smallest absolute Gasteiger partial charge is 0.130 e. The summed E-state index contributed by atoms with van der Waals surface area (Å²) in [6, 6.07) is 8.84. The van der Waals surface area contributed by atoms with Crippen LogP contribution in [0.2, 0.25) is 0 Å². The van der Waals surface area contributed by atoms with Crippen LogP contribution in [-0.2, 0) is 19.5 Å². The predicted molar refractivity (Wildman–Crippen MR) is 119 cm³/mol. The lowest BCUT2D eigenvalue weighted by Crippen LogP contribution is -2.33. The normalized spacial score (nSPS) is 15.4. The van der Waals surface area contributed by atoms with E-state index < -0.39 is 0 Å². The Morgan fingerprint density at radius 2 is 1.97 bits per heavy atom. The van der Waals surface area contributed by atoms with Crippen LogP contribution in [0.4, 0.5) is 10.2 Å². The summed E-state index contributed by atoms with van der Waals surface area (Å²) in [5.74, 6) is 1.95. The van der Waals surface area contributed by atoms with Gasteiger partial charge in [-0.05, 0) is 58.2 Å². The standard InChI is InChI=1S/C23H28FN5S/c1-16-27-20(12-23(28-16)26-13-19-5-3-4-6-22(19)24)11-18-7-9-29(10-8-18)15-21-14-25-17(2)30-21/h3-6,12,14,18H,7-11,13,15H2,1-2H3,(H,26,27,28).